The van der Waals surface area contributed by atoms with E-state index in [1.807, 2.05) is 0 Å². The molecule has 0 aliphatic carbocycles. The fourth-order valence-electron chi connectivity index (χ4n) is 3.76. The molecule has 0 saturated carbocycles. The predicted molar refractivity (Wildman–Crippen MR) is 101 cm³/mol. The van der Waals surface area contributed by atoms with Gasteiger partial charge in [-0.15, -0.1) is 0 Å². The fourth-order valence-corrected chi connectivity index (χ4v) is 8.41. The van der Waals surface area contributed by atoms with Crippen LogP contribution in [0, 0.1) is 0 Å². The van der Waals surface area contributed by atoms with Gasteiger partial charge >= 0.3 is 0 Å². The summed E-state index contributed by atoms with van der Waals surface area (Å²) in [6.45, 7) is 0.210. The molecule has 0 aromatic heterocycles. The van der Waals surface area contributed by atoms with Gasteiger partial charge in [-0.2, -0.15) is 20.5 Å². The van der Waals surface area contributed by atoms with Crippen molar-refractivity contribution in [2.24, 2.45) is 20.5 Å². The zero-order chi connectivity index (χ0) is 19.9. The van der Waals surface area contributed by atoms with E-state index in [0.717, 1.165) is 0 Å². The Hall–Kier alpha value is -2.46. The molecule has 2 aromatic rings. The molecule has 2 heterocycles. The van der Waals surface area contributed by atoms with Gasteiger partial charge in [0.1, 0.15) is 0 Å². The summed E-state index contributed by atoms with van der Waals surface area (Å²) in [4.78, 5) is -4.15. The van der Waals surface area contributed by atoms with E-state index < -0.39 is 29.4 Å². The number of nitrogens with zero attached hydrogens (tertiary/aromatic N) is 4. The molecule has 0 saturated heterocycles. The van der Waals surface area contributed by atoms with Crippen LogP contribution in [0.2, 0.25) is 0 Å². The molecule has 0 radical (unpaired) electrons. The Labute approximate surface area is 163 Å². The summed E-state index contributed by atoms with van der Waals surface area (Å²) in [7, 11) is -8.45. The lowest BCUT2D eigenvalue weighted by molar-refractivity contribution is 0.387. The van der Waals surface area contributed by atoms with Crippen LogP contribution in [0.1, 0.15) is 12.8 Å². The number of azo groups is 2. The first-order valence-electron chi connectivity index (χ1n) is 8.74. The average molecular weight is 419 g/mol. The molecule has 0 unspecified atom stereocenters. The van der Waals surface area contributed by atoms with Crippen LogP contribution in [-0.4, -0.2) is 39.7 Å². The van der Waals surface area contributed by atoms with E-state index in [-0.39, 0.29) is 35.7 Å². The van der Waals surface area contributed by atoms with Crippen molar-refractivity contribution in [2.75, 3.05) is 13.1 Å². The first kappa shape index (κ1) is 18.9. The minimum atomic E-state index is -4.23. The van der Waals surface area contributed by atoms with Gasteiger partial charge in [-0.25, -0.2) is 16.8 Å². The quantitative estimate of drug-likeness (QED) is 0.741. The minimum Gasteiger partial charge on any atom is -0.221 e. The second-order valence-electron chi connectivity index (χ2n) is 6.63. The molecule has 28 heavy (non-hydrogen) atoms. The van der Waals surface area contributed by atoms with Gasteiger partial charge < -0.3 is 0 Å². The Bertz CT molecular complexity index is 1060. The monoisotopic (exact) mass is 418 g/mol. The summed E-state index contributed by atoms with van der Waals surface area (Å²) in [5, 5.41) is 15.9. The zero-order valence-corrected chi connectivity index (χ0v) is 16.5. The van der Waals surface area contributed by atoms with E-state index in [9.17, 15) is 16.8 Å². The van der Waals surface area contributed by atoms with Crippen LogP contribution >= 0.6 is 0 Å². The Morgan fingerprint density at radius 3 is 1.25 bits per heavy atom. The Balaban J connectivity index is 2.01. The maximum absolute atomic E-state index is 13.7. The van der Waals surface area contributed by atoms with Crippen LogP contribution in [0.15, 0.2) is 90.9 Å². The second kappa shape index (κ2) is 6.56. The molecule has 0 amide bonds. The third-order valence-corrected chi connectivity index (χ3v) is 10.1. The lowest BCUT2D eigenvalue weighted by Crippen LogP contribution is -2.59. The van der Waals surface area contributed by atoms with E-state index >= 15 is 0 Å². The lowest BCUT2D eigenvalue weighted by Gasteiger charge is -2.38. The van der Waals surface area contributed by atoms with Crippen molar-refractivity contribution in [2.45, 2.75) is 32.4 Å². The van der Waals surface area contributed by atoms with Crippen LogP contribution in [-0.2, 0) is 19.7 Å². The molecule has 0 N–H and O–H groups in total. The summed E-state index contributed by atoms with van der Waals surface area (Å²) in [6.07, 6.45) is -0.148. The molecular formula is C18H18N4O4S2. The number of rotatable bonds is 5. The molecule has 2 aromatic carbocycles. The van der Waals surface area contributed by atoms with Gasteiger partial charge in [0.25, 0.3) is 0 Å². The maximum atomic E-state index is 13.7. The van der Waals surface area contributed by atoms with Gasteiger partial charge in [0.2, 0.25) is 29.4 Å². The van der Waals surface area contributed by atoms with Gasteiger partial charge in [0.05, 0.1) is 22.9 Å². The molecule has 0 spiro atoms. The van der Waals surface area contributed by atoms with Crippen molar-refractivity contribution in [1.82, 2.24) is 0 Å². The third kappa shape index (κ3) is 2.40. The van der Waals surface area contributed by atoms with E-state index in [2.05, 4.69) is 20.5 Å². The van der Waals surface area contributed by atoms with Crippen molar-refractivity contribution in [3.8, 4) is 0 Å². The molecule has 2 aliphatic heterocycles. The molecular weight excluding hydrogens is 400 g/mol. The fraction of sp³-hybridized carbons (Fsp3) is 0.333. The van der Waals surface area contributed by atoms with E-state index in [4.69, 9.17) is 0 Å². The van der Waals surface area contributed by atoms with E-state index in [1.165, 1.54) is 24.3 Å². The third-order valence-electron chi connectivity index (χ3n) is 5.17. The number of hydrogen-bond donors (Lipinski definition) is 0. The first-order valence-corrected chi connectivity index (χ1v) is 11.7. The molecule has 2 aliphatic rings. The van der Waals surface area contributed by atoms with Gasteiger partial charge in [-0.05, 0) is 24.3 Å². The Morgan fingerprint density at radius 1 is 0.607 bits per heavy atom. The van der Waals surface area contributed by atoms with Gasteiger partial charge in [-0.1, -0.05) is 36.4 Å². The number of hydrogen-bond acceptors (Lipinski definition) is 8. The average Bonchev–Trinajstić information content (AvgIpc) is 3.41. The van der Waals surface area contributed by atoms with Crippen LogP contribution in [0.4, 0.5) is 0 Å². The minimum absolute atomic E-state index is 0.0133. The normalized spacial score (nSPS) is 27.3. The molecule has 2 atom stereocenters. The van der Waals surface area contributed by atoms with Gasteiger partial charge in [0.15, 0.2) is 0 Å². The maximum Gasteiger partial charge on any atom is 0.229 e. The summed E-state index contributed by atoms with van der Waals surface area (Å²) >= 11 is 0. The highest BCUT2D eigenvalue weighted by Crippen LogP contribution is 2.52. The standard InChI is InChI=1S/C18H18N4O4S2/c23-27(24,15-7-3-1-4-8-15)17(11-13-19-21-17)18(12-14-20-22-18)28(25,26)16-9-5-2-6-10-16/h1-10H,11-14H2/t17-,18-/m0/s1. The van der Waals surface area contributed by atoms with Gasteiger partial charge in [0, 0.05) is 12.8 Å². The Morgan fingerprint density at radius 2 is 0.964 bits per heavy atom. The smallest absolute Gasteiger partial charge is 0.221 e. The molecule has 0 bridgehead atoms. The van der Waals surface area contributed by atoms with Crippen molar-refractivity contribution in [1.29, 1.82) is 0 Å². The first-order chi connectivity index (χ1) is 13.4. The highest BCUT2D eigenvalue weighted by molar-refractivity contribution is 7.97. The largest absolute Gasteiger partial charge is 0.229 e. The van der Waals surface area contributed by atoms with E-state index in [0.29, 0.717) is 0 Å². The molecule has 0 fully saturated rings. The predicted octanol–water partition coefficient (Wildman–Crippen LogP) is 3.04. The summed E-state index contributed by atoms with van der Waals surface area (Å²) in [5.74, 6) is 0. The number of sulfone groups is 2. The van der Waals surface area contributed by atoms with Crippen molar-refractivity contribution >= 4 is 19.7 Å². The van der Waals surface area contributed by atoms with Crippen molar-refractivity contribution in [3.05, 3.63) is 60.7 Å². The van der Waals surface area contributed by atoms with Crippen LogP contribution in [0.25, 0.3) is 0 Å². The number of benzene rings is 2. The molecule has 10 heteroatoms. The van der Waals surface area contributed by atoms with Crippen LogP contribution < -0.4 is 0 Å². The molecule has 8 nitrogen and oxygen atoms in total. The summed E-state index contributed by atoms with van der Waals surface area (Å²) < 4.78 is 54.8. The SMILES string of the molecule is O=S(=O)(c1ccccc1)[C@]1([C@@]2(S(=O)(=O)c3ccccc3)CCN=N2)CCN=N1. The van der Waals surface area contributed by atoms with Crippen LogP contribution in [0.3, 0.4) is 0 Å². The highest BCUT2D eigenvalue weighted by atomic mass is 32.2. The zero-order valence-electron chi connectivity index (χ0n) is 14.8. The van der Waals surface area contributed by atoms with Crippen LogP contribution in [0.5, 0.6) is 0 Å². The summed E-state index contributed by atoms with van der Waals surface area (Å²) in [5.41, 5.74) is 0. The van der Waals surface area contributed by atoms with E-state index in [1.54, 1.807) is 36.4 Å². The Kier molecular flexibility index (Phi) is 4.42. The second-order valence-corrected chi connectivity index (χ2v) is 10.9. The highest BCUT2D eigenvalue weighted by Gasteiger charge is 2.70. The van der Waals surface area contributed by atoms with Crippen molar-refractivity contribution < 1.29 is 16.8 Å². The molecule has 4 rings (SSSR count). The van der Waals surface area contributed by atoms with Crippen molar-refractivity contribution in [3.63, 3.8) is 0 Å². The molecule has 146 valence electrons. The van der Waals surface area contributed by atoms with Gasteiger partial charge in [-0.3, -0.25) is 0 Å². The summed E-state index contributed by atoms with van der Waals surface area (Å²) in [6, 6.07) is 15.4. The lowest BCUT2D eigenvalue weighted by atomic mass is 10.0. The topological polar surface area (TPSA) is 118 Å².